The first-order chi connectivity index (χ1) is 17.7. The van der Waals surface area contributed by atoms with Gasteiger partial charge >= 0.3 is 0 Å². The number of alkyl halides is 1. The van der Waals surface area contributed by atoms with Crippen molar-refractivity contribution in [2.45, 2.75) is 45.9 Å². The number of hydrogen-bond donors (Lipinski definition) is 1. The minimum absolute atomic E-state index is 0.192. The lowest BCUT2D eigenvalue weighted by atomic mass is 9.93. The van der Waals surface area contributed by atoms with Crippen molar-refractivity contribution in [3.8, 4) is 11.1 Å². The Hall–Kier alpha value is -3.00. The highest BCUT2D eigenvalue weighted by molar-refractivity contribution is 9.08. The van der Waals surface area contributed by atoms with Gasteiger partial charge < -0.3 is 9.47 Å². The van der Waals surface area contributed by atoms with Crippen LogP contribution in [0.25, 0.3) is 22.0 Å². The summed E-state index contributed by atoms with van der Waals surface area (Å²) in [6.45, 7) is 10.7. The van der Waals surface area contributed by atoms with E-state index >= 15 is 0 Å². The van der Waals surface area contributed by atoms with E-state index in [1.54, 1.807) is 11.9 Å². The number of amides is 1. The minimum Gasteiger partial charge on any atom is -0.329 e. The van der Waals surface area contributed by atoms with E-state index < -0.39 is 5.91 Å². The Kier molecular flexibility index (Phi) is 8.17. The molecule has 0 saturated carbocycles. The van der Waals surface area contributed by atoms with Gasteiger partial charge in [-0.05, 0) is 87.2 Å². The number of nitrogens with one attached hydrogen (secondary N) is 1. The van der Waals surface area contributed by atoms with Crippen molar-refractivity contribution in [1.29, 1.82) is 0 Å². The minimum atomic E-state index is -1.36. The van der Waals surface area contributed by atoms with Crippen LogP contribution >= 0.6 is 15.9 Å². The number of aryl methyl sites for hydroxylation is 3. The molecule has 0 fully saturated rings. The van der Waals surface area contributed by atoms with Gasteiger partial charge in [0, 0.05) is 42.1 Å². The van der Waals surface area contributed by atoms with E-state index in [1.807, 2.05) is 64.2 Å². The quantitative estimate of drug-likeness (QED) is 0.176. The Morgan fingerprint density at radius 3 is 2.30 bits per heavy atom. The number of aromatic nitrogens is 2. The molecule has 0 saturated heterocycles. The van der Waals surface area contributed by atoms with Crippen molar-refractivity contribution in [2.24, 2.45) is 0 Å². The van der Waals surface area contributed by atoms with Gasteiger partial charge in [0.1, 0.15) is 0 Å². The molecule has 4 aromatic rings. The zero-order chi connectivity index (χ0) is 26.7. The van der Waals surface area contributed by atoms with Gasteiger partial charge in [0.25, 0.3) is 11.8 Å². The molecule has 0 unspecified atom stereocenters. The summed E-state index contributed by atoms with van der Waals surface area (Å²) < 4.78 is 12.5. The molecule has 0 aliphatic carbocycles. The predicted molar refractivity (Wildman–Crippen MR) is 152 cm³/mol. The number of H-pyrrole nitrogens is 1. The number of halogens is 1. The number of fused-ring (bicyclic) bond motifs is 1. The van der Waals surface area contributed by atoms with Gasteiger partial charge in [0.05, 0.1) is 11.7 Å². The summed E-state index contributed by atoms with van der Waals surface area (Å²) in [6, 6.07) is 16.2. The van der Waals surface area contributed by atoms with Crippen LogP contribution in [0.2, 0.25) is 0 Å². The third kappa shape index (κ3) is 5.21. The second-order valence-corrected chi connectivity index (χ2v) is 9.89. The first kappa shape index (κ1) is 27.0. The average molecular weight is 565 g/mol. The lowest BCUT2D eigenvalue weighted by Crippen LogP contribution is -2.51. The van der Waals surface area contributed by atoms with E-state index in [1.165, 1.54) is 0 Å². The first-order valence-corrected chi connectivity index (χ1v) is 13.6. The van der Waals surface area contributed by atoms with E-state index in [0.29, 0.717) is 24.1 Å². The van der Waals surface area contributed by atoms with Gasteiger partial charge in [-0.2, -0.15) is 5.10 Å². The van der Waals surface area contributed by atoms with E-state index in [-0.39, 0.29) is 5.91 Å². The number of carbonyl (C=O) groups is 1. The van der Waals surface area contributed by atoms with Crippen LogP contribution in [0.3, 0.4) is 0 Å². The Morgan fingerprint density at radius 1 is 1.00 bits per heavy atom. The average Bonchev–Trinajstić information content (AvgIpc) is 3.35. The highest BCUT2D eigenvalue weighted by atomic mass is 79.9. The second kappa shape index (κ2) is 11.2. The summed E-state index contributed by atoms with van der Waals surface area (Å²) >= 11 is 3.59. The fourth-order valence-electron chi connectivity index (χ4n) is 5.02. The zero-order valence-electron chi connectivity index (χ0n) is 22.3. The molecule has 6 nitrogen and oxygen atoms in total. The molecule has 0 aliphatic heterocycles. The van der Waals surface area contributed by atoms with Crippen LogP contribution in [-0.4, -0.2) is 41.3 Å². The highest BCUT2D eigenvalue weighted by Gasteiger charge is 2.42. The van der Waals surface area contributed by atoms with Crippen molar-refractivity contribution in [1.82, 2.24) is 15.1 Å². The summed E-state index contributed by atoms with van der Waals surface area (Å²) in [7, 11) is 1.74. The molecule has 3 aromatic carbocycles. The van der Waals surface area contributed by atoms with Gasteiger partial charge in [-0.3, -0.25) is 14.8 Å². The van der Waals surface area contributed by atoms with Crippen molar-refractivity contribution >= 4 is 32.7 Å². The number of hydrogen-bond acceptors (Lipinski definition) is 4. The van der Waals surface area contributed by atoms with E-state index in [9.17, 15) is 4.79 Å². The van der Waals surface area contributed by atoms with Crippen LogP contribution in [0.5, 0.6) is 0 Å². The first-order valence-electron chi connectivity index (χ1n) is 12.5. The Labute approximate surface area is 227 Å². The summed E-state index contributed by atoms with van der Waals surface area (Å²) in [4.78, 5) is 15.7. The summed E-state index contributed by atoms with van der Waals surface area (Å²) in [5.74, 6) is -1.55. The molecule has 37 heavy (non-hydrogen) atoms. The molecule has 194 valence electrons. The molecule has 0 spiro atoms. The molecule has 1 heterocycles. The molecule has 1 aromatic heterocycles. The summed E-state index contributed by atoms with van der Waals surface area (Å²) in [5, 5.41) is 8.92. The lowest BCUT2D eigenvalue weighted by molar-refractivity contribution is -0.306. The van der Waals surface area contributed by atoms with Crippen LogP contribution in [0.1, 0.15) is 52.0 Å². The number of aromatic amines is 1. The van der Waals surface area contributed by atoms with Crippen molar-refractivity contribution < 1.29 is 14.3 Å². The maximum absolute atomic E-state index is 14.2. The smallest absolute Gasteiger partial charge is 0.282 e. The number of rotatable bonds is 9. The van der Waals surface area contributed by atoms with Crippen molar-refractivity contribution in [3.63, 3.8) is 0 Å². The Balaban J connectivity index is 1.86. The predicted octanol–water partition coefficient (Wildman–Crippen LogP) is 7.01. The largest absolute Gasteiger partial charge is 0.329 e. The topological polar surface area (TPSA) is 67.5 Å². The number of nitrogens with zero attached hydrogens (tertiary/aromatic N) is 2. The normalized spacial score (nSPS) is 11.8. The summed E-state index contributed by atoms with van der Waals surface area (Å²) in [5.41, 5.74) is 8.58. The van der Waals surface area contributed by atoms with Crippen LogP contribution in [0.4, 0.5) is 0 Å². The highest BCUT2D eigenvalue weighted by Crippen LogP contribution is 2.36. The fraction of sp³-hybridized carbons (Fsp3) is 0.333. The molecule has 0 radical (unpaired) electrons. The monoisotopic (exact) mass is 563 g/mol. The van der Waals surface area contributed by atoms with Crippen molar-refractivity contribution in [3.05, 3.63) is 88.1 Å². The molecular weight excluding hydrogens is 530 g/mol. The van der Waals surface area contributed by atoms with Gasteiger partial charge in [-0.1, -0.05) is 45.3 Å². The molecule has 4 rings (SSSR count). The maximum atomic E-state index is 14.2. The molecule has 0 atom stereocenters. The fourth-order valence-corrected chi connectivity index (χ4v) is 5.34. The van der Waals surface area contributed by atoms with Crippen LogP contribution < -0.4 is 0 Å². The van der Waals surface area contributed by atoms with Crippen LogP contribution in [-0.2, 0) is 20.7 Å². The number of benzene rings is 3. The molecule has 0 bridgehead atoms. The molecule has 1 amide bonds. The van der Waals surface area contributed by atoms with Gasteiger partial charge in [-0.25, -0.2) is 0 Å². The standard InChI is InChI=1S/C30H34BrN3O3/c1-7-36-30(37-8-2,25-12-19(3)11-20(4)13-25)34(6)29(35)24-15-22(17-31)14-23(16-24)28-21(5)9-10-27-26(28)18-32-33-27/h9-16,18H,7-8,17H2,1-6H3,(H,32,33). The third-order valence-corrected chi connectivity index (χ3v) is 7.18. The van der Waals surface area contributed by atoms with Gasteiger partial charge in [-0.15, -0.1) is 0 Å². The van der Waals surface area contributed by atoms with Crippen LogP contribution in [0.15, 0.2) is 54.7 Å². The third-order valence-electron chi connectivity index (χ3n) is 6.53. The van der Waals surface area contributed by atoms with E-state index in [2.05, 4.69) is 51.3 Å². The van der Waals surface area contributed by atoms with Crippen LogP contribution in [0, 0.1) is 20.8 Å². The number of ether oxygens (including phenoxy) is 2. The maximum Gasteiger partial charge on any atom is 0.282 e. The SMILES string of the molecule is CCOC(OCC)(c1cc(C)cc(C)c1)N(C)C(=O)c1cc(CBr)cc(-c2c(C)ccc3[nH]ncc23)c1. The van der Waals surface area contributed by atoms with Gasteiger partial charge in [0.15, 0.2) is 0 Å². The molecule has 0 aliphatic rings. The number of carbonyl (C=O) groups excluding carboxylic acids is 1. The molecule has 7 heteroatoms. The van der Waals surface area contributed by atoms with E-state index in [4.69, 9.17) is 9.47 Å². The Bertz CT molecular complexity index is 1400. The molecular formula is C30H34BrN3O3. The second-order valence-electron chi connectivity index (χ2n) is 9.33. The van der Waals surface area contributed by atoms with Gasteiger partial charge in [0.2, 0.25) is 0 Å². The Morgan fingerprint density at radius 2 is 1.68 bits per heavy atom. The lowest BCUT2D eigenvalue weighted by Gasteiger charge is -2.41. The summed E-state index contributed by atoms with van der Waals surface area (Å²) in [6.07, 6.45) is 1.83. The zero-order valence-corrected chi connectivity index (χ0v) is 23.9. The van der Waals surface area contributed by atoms with Crippen molar-refractivity contribution in [2.75, 3.05) is 20.3 Å². The van der Waals surface area contributed by atoms with E-state index in [0.717, 1.165) is 49.8 Å². The molecule has 1 N–H and O–H groups in total.